The summed E-state index contributed by atoms with van der Waals surface area (Å²) in [6, 6.07) is 5.49. The van der Waals surface area contributed by atoms with Crippen LogP contribution in [0.3, 0.4) is 0 Å². The SMILES string of the molecule is CCN(C)C(=O)COc1ccc(CCN)cc1Cl. The van der Waals surface area contributed by atoms with Crippen LogP contribution in [-0.4, -0.2) is 37.6 Å². The number of halogens is 1. The predicted octanol–water partition coefficient (Wildman–Crippen LogP) is 1.70. The number of benzene rings is 1. The van der Waals surface area contributed by atoms with Crippen molar-refractivity contribution >= 4 is 17.5 Å². The van der Waals surface area contributed by atoms with Gasteiger partial charge < -0.3 is 15.4 Å². The summed E-state index contributed by atoms with van der Waals surface area (Å²) >= 11 is 6.07. The lowest BCUT2D eigenvalue weighted by Gasteiger charge is -2.15. The maximum Gasteiger partial charge on any atom is 0.260 e. The van der Waals surface area contributed by atoms with Gasteiger partial charge in [-0.05, 0) is 37.6 Å². The summed E-state index contributed by atoms with van der Waals surface area (Å²) in [6.45, 7) is 3.15. The molecular weight excluding hydrogens is 252 g/mol. The Bertz CT molecular complexity index is 410. The number of carbonyl (C=O) groups is 1. The van der Waals surface area contributed by atoms with Gasteiger partial charge in [-0.15, -0.1) is 0 Å². The zero-order valence-corrected chi connectivity index (χ0v) is 11.5. The minimum Gasteiger partial charge on any atom is -0.482 e. The van der Waals surface area contributed by atoms with Gasteiger partial charge in [0.25, 0.3) is 5.91 Å². The van der Waals surface area contributed by atoms with Crippen LogP contribution in [0.15, 0.2) is 18.2 Å². The number of hydrogen-bond donors (Lipinski definition) is 1. The van der Waals surface area contributed by atoms with Gasteiger partial charge in [0.2, 0.25) is 0 Å². The molecule has 0 fully saturated rings. The Balaban J connectivity index is 2.60. The molecule has 0 spiro atoms. The minimum atomic E-state index is -0.0698. The smallest absolute Gasteiger partial charge is 0.260 e. The maximum atomic E-state index is 11.6. The fraction of sp³-hybridized carbons (Fsp3) is 0.462. The molecule has 0 bridgehead atoms. The zero-order valence-electron chi connectivity index (χ0n) is 10.8. The molecule has 0 unspecified atom stereocenters. The average molecular weight is 271 g/mol. The largest absolute Gasteiger partial charge is 0.482 e. The van der Waals surface area contributed by atoms with Gasteiger partial charge in [-0.1, -0.05) is 17.7 Å². The highest BCUT2D eigenvalue weighted by Crippen LogP contribution is 2.25. The Kier molecular flexibility index (Phi) is 5.95. The van der Waals surface area contributed by atoms with Gasteiger partial charge in [-0.25, -0.2) is 0 Å². The molecule has 0 aliphatic carbocycles. The number of nitrogens with two attached hydrogens (primary N) is 1. The first-order valence-electron chi connectivity index (χ1n) is 5.93. The van der Waals surface area contributed by atoms with Gasteiger partial charge in [0.1, 0.15) is 5.75 Å². The number of nitrogens with zero attached hydrogens (tertiary/aromatic N) is 1. The van der Waals surface area contributed by atoms with Crippen molar-refractivity contribution in [3.8, 4) is 5.75 Å². The van der Waals surface area contributed by atoms with E-state index in [9.17, 15) is 4.79 Å². The summed E-state index contributed by atoms with van der Waals surface area (Å²) in [5.74, 6) is 0.454. The second kappa shape index (κ2) is 7.24. The molecule has 1 amide bonds. The van der Waals surface area contributed by atoms with Gasteiger partial charge >= 0.3 is 0 Å². The van der Waals surface area contributed by atoms with Crippen LogP contribution >= 0.6 is 11.6 Å². The van der Waals surface area contributed by atoms with E-state index in [4.69, 9.17) is 22.1 Å². The molecule has 0 heterocycles. The van der Waals surface area contributed by atoms with E-state index < -0.39 is 0 Å². The van der Waals surface area contributed by atoms with Crippen LogP contribution in [0.1, 0.15) is 12.5 Å². The number of amides is 1. The second-order valence-corrected chi connectivity index (χ2v) is 4.41. The monoisotopic (exact) mass is 270 g/mol. The van der Waals surface area contributed by atoms with Gasteiger partial charge in [-0.3, -0.25) is 4.79 Å². The van der Waals surface area contributed by atoms with Gasteiger partial charge in [0, 0.05) is 13.6 Å². The lowest BCUT2D eigenvalue weighted by atomic mass is 10.1. The fourth-order valence-electron chi connectivity index (χ4n) is 1.41. The van der Waals surface area contributed by atoms with Crippen LogP contribution in [0.25, 0.3) is 0 Å². The number of likely N-dealkylation sites (N-methyl/N-ethyl adjacent to an activating group) is 1. The topological polar surface area (TPSA) is 55.6 Å². The highest BCUT2D eigenvalue weighted by Gasteiger charge is 2.09. The molecule has 0 saturated heterocycles. The fourth-order valence-corrected chi connectivity index (χ4v) is 1.67. The van der Waals surface area contributed by atoms with Crippen molar-refractivity contribution in [1.82, 2.24) is 4.90 Å². The van der Waals surface area contributed by atoms with Crippen molar-refractivity contribution < 1.29 is 9.53 Å². The first-order valence-corrected chi connectivity index (χ1v) is 6.31. The number of ether oxygens (including phenoxy) is 1. The van der Waals surface area contributed by atoms with Crippen molar-refractivity contribution in [3.63, 3.8) is 0 Å². The minimum absolute atomic E-state index is 0.000293. The first kappa shape index (κ1) is 14.8. The molecule has 18 heavy (non-hydrogen) atoms. The molecule has 0 atom stereocenters. The number of hydrogen-bond acceptors (Lipinski definition) is 3. The zero-order chi connectivity index (χ0) is 13.5. The van der Waals surface area contributed by atoms with E-state index in [0.29, 0.717) is 23.9 Å². The van der Waals surface area contributed by atoms with Crippen LogP contribution < -0.4 is 10.5 Å². The number of rotatable bonds is 6. The van der Waals surface area contributed by atoms with Crippen LogP contribution in [0.4, 0.5) is 0 Å². The second-order valence-electron chi connectivity index (χ2n) is 4.00. The first-order chi connectivity index (χ1) is 8.58. The molecule has 0 aliphatic heterocycles. The summed E-state index contributed by atoms with van der Waals surface area (Å²) in [5, 5.41) is 0.507. The summed E-state index contributed by atoms with van der Waals surface area (Å²) in [7, 11) is 1.73. The van der Waals surface area contributed by atoms with E-state index in [1.54, 1.807) is 18.0 Å². The van der Waals surface area contributed by atoms with Crippen LogP contribution in [-0.2, 0) is 11.2 Å². The molecule has 0 aliphatic rings. The predicted molar refractivity (Wildman–Crippen MR) is 73.0 cm³/mol. The lowest BCUT2D eigenvalue weighted by Crippen LogP contribution is -2.31. The molecule has 0 aromatic heterocycles. The quantitative estimate of drug-likeness (QED) is 0.856. The highest BCUT2D eigenvalue weighted by atomic mass is 35.5. The van der Waals surface area contributed by atoms with Gasteiger partial charge in [0.05, 0.1) is 5.02 Å². The van der Waals surface area contributed by atoms with Crippen molar-refractivity contribution in [2.24, 2.45) is 5.73 Å². The molecule has 1 aromatic carbocycles. The summed E-state index contributed by atoms with van der Waals surface area (Å²) in [4.78, 5) is 13.2. The van der Waals surface area contributed by atoms with E-state index in [0.717, 1.165) is 12.0 Å². The lowest BCUT2D eigenvalue weighted by molar-refractivity contribution is -0.131. The van der Waals surface area contributed by atoms with Crippen LogP contribution in [0.5, 0.6) is 5.75 Å². The van der Waals surface area contributed by atoms with E-state index in [2.05, 4.69) is 0 Å². The molecule has 1 aromatic rings. The molecule has 5 heteroatoms. The molecule has 100 valence electrons. The summed E-state index contributed by atoms with van der Waals surface area (Å²) < 4.78 is 5.40. The van der Waals surface area contributed by atoms with Crippen LogP contribution in [0.2, 0.25) is 5.02 Å². The third kappa shape index (κ3) is 4.20. The third-order valence-electron chi connectivity index (χ3n) is 2.68. The Morgan fingerprint density at radius 1 is 1.50 bits per heavy atom. The molecule has 2 N–H and O–H groups in total. The van der Waals surface area contributed by atoms with Crippen molar-refractivity contribution in [3.05, 3.63) is 28.8 Å². The Hall–Kier alpha value is -1.26. The van der Waals surface area contributed by atoms with Crippen LogP contribution in [0, 0.1) is 0 Å². The Morgan fingerprint density at radius 2 is 2.22 bits per heavy atom. The molecule has 0 radical (unpaired) electrons. The van der Waals surface area contributed by atoms with E-state index in [1.165, 1.54) is 0 Å². The van der Waals surface area contributed by atoms with Crippen molar-refractivity contribution in [2.45, 2.75) is 13.3 Å². The Labute approximate surface area is 113 Å². The molecule has 1 rings (SSSR count). The van der Waals surface area contributed by atoms with Gasteiger partial charge in [0.15, 0.2) is 6.61 Å². The highest BCUT2D eigenvalue weighted by molar-refractivity contribution is 6.32. The van der Waals surface area contributed by atoms with Gasteiger partial charge in [-0.2, -0.15) is 0 Å². The third-order valence-corrected chi connectivity index (χ3v) is 2.98. The van der Waals surface area contributed by atoms with Crippen molar-refractivity contribution in [1.29, 1.82) is 0 Å². The van der Waals surface area contributed by atoms with Crippen molar-refractivity contribution in [2.75, 3.05) is 26.7 Å². The summed E-state index contributed by atoms with van der Waals surface area (Å²) in [6.07, 6.45) is 0.775. The molecule has 4 nitrogen and oxygen atoms in total. The normalized spacial score (nSPS) is 10.2. The number of carbonyl (C=O) groups excluding carboxylic acids is 1. The average Bonchev–Trinajstić information content (AvgIpc) is 2.36. The Morgan fingerprint density at radius 3 is 2.78 bits per heavy atom. The summed E-state index contributed by atoms with van der Waals surface area (Å²) in [5.41, 5.74) is 6.53. The standard InChI is InChI=1S/C13H19ClN2O2/c1-3-16(2)13(17)9-18-12-5-4-10(6-7-15)8-11(12)14/h4-5,8H,3,6-7,9,15H2,1-2H3. The van der Waals surface area contributed by atoms with E-state index >= 15 is 0 Å². The van der Waals surface area contributed by atoms with E-state index in [-0.39, 0.29) is 12.5 Å². The molecular formula is C13H19ClN2O2. The maximum absolute atomic E-state index is 11.6. The van der Waals surface area contributed by atoms with E-state index in [1.807, 2.05) is 19.1 Å². The molecule has 0 saturated carbocycles.